The lowest BCUT2D eigenvalue weighted by atomic mass is 9.83. The molecule has 1 aromatic heterocycles. The van der Waals surface area contributed by atoms with Crippen molar-refractivity contribution in [2.75, 3.05) is 6.61 Å². The Labute approximate surface area is 234 Å². The van der Waals surface area contributed by atoms with Gasteiger partial charge in [-0.1, -0.05) is 41.9 Å². The van der Waals surface area contributed by atoms with Crippen LogP contribution in [0.25, 0.3) is 0 Å². The first-order valence-electron chi connectivity index (χ1n) is 12.1. The van der Waals surface area contributed by atoms with Gasteiger partial charge in [0.15, 0.2) is 11.5 Å². The number of thiophene rings is 1. The highest BCUT2D eigenvalue weighted by molar-refractivity contribution is 7.12. The SMILES string of the molecule is CCOc1cc(C2C(C#N)=C(N)Oc3cc(OC(=O)c4cccs4)ccc32)ccc1OCc1ccc(Cl)cc1. The average Bonchev–Trinajstić information content (AvgIpc) is 3.48. The van der Waals surface area contributed by atoms with Crippen molar-refractivity contribution in [1.82, 2.24) is 0 Å². The minimum Gasteiger partial charge on any atom is -0.490 e. The van der Waals surface area contributed by atoms with E-state index in [0.29, 0.717) is 51.7 Å². The zero-order valence-corrected chi connectivity index (χ0v) is 22.4. The third-order valence-corrected chi connectivity index (χ3v) is 7.13. The van der Waals surface area contributed by atoms with Crippen LogP contribution in [0.15, 0.2) is 89.6 Å². The predicted octanol–water partition coefficient (Wildman–Crippen LogP) is 6.82. The van der Waals surface area contributed by atoms with Crippen LogP contribution in [0.3, 0.4) is 0 Å². The molecule has 4 aromatic rings. The topological polar surface area (TPSA) is 104 Å². The normalized spacial score (nSPS) is 14.1. The largest absolute Gasteiger partial charge is 0.490 e. The number of halogens is 1. The Morgan fingerprint density at radius 2 is 1.90 bits per heavy atom. The van der Waals surface area contributed by atoms with Gasteiger partial charge in [0.25, 0.3) is 0 Å². The number of rotatable bonds is 8. The van der Waals surface area contributed by atoms with Crippen molar-refractivity contribution in [3.8, 4) is 29.1 Å². The molecule has 0 saturated heterocycles. The Morgan fingerprint density at radius 1 is 1.08 bits per heavy atom. The highest BCUT2D eigenvalue weighted by Crippen LogP contribution is 2.45. The summed E-state index contributed by atoms with van der Waals surface area (Å²) >= 11 is 7.27. The van der Waals surface area contributed by atoms with Crippen molar-refractivity contribution >= 4 is 28.9 Å². The molecule has 196 valence electrons. The van der Waals surface area contributed by atoms with Gasteiger partial charge in [0.2, 0.25) is 5.88 Å². The van der Waals surface area contributed by atoms with Gasteiger partial charge in [0, 0.05) is 16.7 Å². The van der Waals surface area contributed by atoms with E-state index in [1.807, 2.05) is 49.4 Å². The first-order valence-corrected chi connectivity index (χ1v) is 13.3. The molecule has 1 atom stereocenters. The number of hydrogen-bond acceptors (Lipinski definition) is 8. The van der Waals surface area contributed by atoms with Crippen molar-refractivity contribution in [3.05, 3.63) is 116 Å². The molecule has 1 aliphatic heterocycles. The Bertz CT molecular complexity index is 1580. The third kappa shape index (κ3) is 5.70. The summed E-state index contributed by atoms with van der Waals surface area (Å²) in [5.41, 5.74) is 8.87. The van der Waals surface area contributed by atoms with Crippen molar-refractivity contribution < 1.29 is 23.7 Å². The van der Waals surface area contributed by atoms with Gasteiger partial charge >= 0.3 is 5.97 Å². The zero-order chi connectivity index (χ0) is 27.4. The van der Waals surface area contributed by atoms with E-state index in [4.69, 9.17) is 36.3 Å². The van der Waals surface area contributed by atoms with E-state index in [-0.39, 0.29) is 11.5 Å². The van der Waals surface area contributed by atoms with Crippen molar-refractivity contribution in [3.63, 3.8) is 0 Å². The monoisotopic (exact) mass is 558 g/mol. The van der Waals surface area contributed by atoms with E-state index in [9.17, 15) is 10.1 Å². The molecular weight excluding hydrogens is 536 g/mol. The lowest BCUT2D eigenvalue weighted by Gasteiger charge is -2.27. The first kappa shape index (κ1) is 26.2. The Hall–Kier alpha value is -4.45. The highest BCUT2D eigenvalue weighted by atomic mass is 35.5. The summed E-state index contributed by atoms with van der Waals surface area (Å²) in [4.78, 5) is 12.9. The average molecular weight is 559 g/mol. The Kier molecular flexibility index (Phi) is 7.73. The molecule has 0 saturated carbocycles. The first-order chi connectivity index (χ1) is 19.0. The molecule has 0 spiro atoms. The summed E-state index contributed by atoms with van der Waals surface area (Å²) in [5, 5.41) is 12.4. The van der Waals surface area contributed by atoms with E-state index in [1.165, 1.54) is 11.3 Å². The smallest absolute Gasteiger partial charge is 0.353 e. The summed E-state index contributed by atoms with van der Waals surface area (Å²) in [6, 6.07) is 23.6. The minimum absolute atomic E-state index is 0.0160. The standard InChI is InChI=1S/C30H23ClN2O5S/c1-2-35-26-14-19(7-12-24(26)36-17-18-5-8-20(31)9-6-18)28-22-11-10-21(37-30(34)27-4-3-13-39-27)15-25(22)38-29(33)23(28)16-32/h3-15,28H,2,17,33H2,1H3. The van der Waals surface area contributed by atoms with Crippen molar-refractivity contribution in [2.45, 2.75) is 19.4 Å². The summed E-state index contributed by atoms with van der Waals surface area (Å²) in [7, 11) is 0. The summed E-state index contributed by atoms with van der Waals surface area (Å²) < 4.78 is 23.2. The van der Waals surface area contributed by atoms with Crippen LogP contribution in [0.4, 0.5) is 0 Å². The fourth-order valence-corrected chi connectivity index (χ4v) is 4.95. The van der Waals surface area contributed by atoms with Crippen LogP contribution in [0, 0.1) is 11.3 Å². The molecule has 0 fully saturated rings. The van der Waals surface area contributed by atoms with E-state index in [0.717, 1.165) is 11.1 Å². The molecule has 0 bridgehead atoms. The molecule has 9 heteroatoms. The number of esters is 1. The Morgan fingerprint density at radius 3 is 2.62 bits per heavy atom. The lowest BCUT2D eigenvalue weighted by molar-refractivity contribution is 0.0739. The number of carbonyl (C=O) groups excluding carboxylic acids is 1. The Balaban J connectivity index is 1.45. The van der Waals surface area contributed by atoms with E-state index < -0.39 is 11.9 Å². The highest BCUT2D eigenvalue weighted by Gasteiger charge is 2.32. The molecule has 1 unspecified atom stereocenters. The zero-order valence-electron chi connectivity index (χ0n) is 20.8. The van der Waals surface area contributed by atoms with Gasteiger partial charge in [-0.15, -0.1) is 11.3 Å². The molecule has 1 aliphatic rings. The summed E-state index contributed by atoms with van der Waals surface area (Å²) in [6.45, 7) is 2.64. The minimum atomic E-state index is -0.523. The fraction of sp³-hybridized carbons (Fsp3) is 0.133. The molecule has 3 aromatic carbocycles. The number of nitrogens with zero attached hydrogens (tertiary/aromatic N) is 1. The van der Waals surface area contributed by atoms with Gasteiger partial charge in [0.1, 0.15) is 34.6 Å². The molecule has 5 rings (SSSR count). The number of nitrogens with two attached hydrogens (primary N) is 1. The van der Waals surface area contributed by atoms with Crippen molar-refractivity contribution in [2.24, 2.45) is 5.73 Å². The van der Waals surface area contributed by atoms with Crippen LogP contribution in [-0.4, -0.2) is 12.6 Å². The maximum absolute atomic E-state index is 12.4. The molecule has 2 heterocycles. The molecule has 0 aliphatic carbocycles. The number of carbonyl (C=O) groups is 1. The molecule has 0 radical (unpaired) electrons. The van der Waals surface area contributed by atoms with Crippen LogP contribution in [0.1, 0.15) is 39.2 Å². The lowest BCUT2D eigenvalue weighted by Crippen LogP contribution is -2.21. The van der Waals surface area contributed by atoms with E-state index >= 15 is 0 Å². The second-order valence-electron chi connectivity index (χ2n) is 8.55. The number of nitriles is 1. The number of ether oxygens (including phenoxy) is 4. The summed E-state index contributed by atoms with van der Waals surface area (Å²) in [5.74, 6) is 0.801. The van der Waals surface area contributed by atoms with Gasteiger partial charge in [-0.2, -0.15) is 5.26 Å². The van der Waals surface area contributed by atoms with Crippen molar-refractivity contribution in [1.29, 1.82) is 5.26 Å². The number of benzene rings is 3. The van der Waals surface area contributed by atoms with Crippen LogP contribution in [0.5, 0.6) is 23.0 Å². The quantitative estimate of drug-likeness (QED) is 0.187. The fourth-order valence-electron chi connectivity index (χ4n) is 4.23. The van der Waals surface area contributed by atoms with Crippen LogP contribution in [-0.2, 0) is 6.61 Å². The van der Waals surface area contributed by atoms with Gasteiger partial charge < -0.3 is 24.7 Å². The number of allylic oxidation sites excluding steroid dienone is 1. The van der Waals surface area contributed by atoms with Crippen LogP contribution >= 0.6 is 22.9 Å². The molecule has 7 nitrogen and oxygen atoms in total. The van der Waals surface area contributed by atoms with Gasteiger partial charge in [-0.25, -0.2) is 4.79 Å². The third-order valence-electron chi connectivity index (χ3n) is 6.03. The molecule has 2 N–H and O–H groups in total. The maximum atomic E-state index is 12.4. The molecule has 39 heavy (non-hydrogen) atoms. The van der Waals surface area contributed by atoms with E-state index in [1.54, 1.807) is 35.7 Å². The van der Waals surface area contributed by atoms with Gasteiger partial charge in [0.05, 0.1) is 12.5 Å². The maximum Gasteiger partial charge on any atom is 0.353 e. The van der Waals surface area contributed by atoms with Crippen LogP contribution in [0.2, 0.25) is 5.02 Å². The molecular formula is C30H23ClN2O5S. The second-order valence-corrected chi connectivity index (χ2v) is 9.93. The second kappa shape index (κ2) is 11.5. The predicted molar refractivity (Wildman–Crippen MR) is 148 cm³/mol. The van der Waals surface area contributed by atoms with Gasteiger partial charge in [-0.05, 0) is 59.8 Å². The van der Waals surface area contributed by atoms with E-state index in [2.05, 4.69) is 6.07 Å². The van der Waals surface area contributed by atoms with Gasteiger partial charge in [-0.3, -0.25) is 0 Å². The number of hydrogen-bond donors (Lipinski definition) is 1. The number of fused-ring (bicyclic) bond motifs is 1. The van der Waals surface area contributed by atoms with Crippen LogP contribution < -0.4 is 24.7 Å². The summed E-state index contributed by atoms with van der Waals surface area (Å²) in [6.07, 6.45) is 0. The molecule has 0 amide bonds.